The van der Waals surface area contributed by atoms with E-state index in [1.807, 2.05) is 85.1 Å². The molecule has 4 aromatic rings. The molecule has 1 saturated heterocycles. The first-order valence-electron chi connectivity index (χ1n) is 16.9. The number of piperidine rings is 1. The Morgan fingerprint density at radius 2 is 1.68 bits per heavy atom. The molecule has 2 heterocycles. The monoisotopic (exact) mass is 699 g/mol. The number of ether oxygens (including phenoxy) is 1. The van der Waals surface area contributed by atoms with Gasteiger partial charge in [-0.3, -0.25) is 14.4 Å². The van der Waals surface area contributed by atoms with Gasteiger partial charge in [0.25, 0.3) is 0 Å². The van der Waals surface area contributed by atoms with Gasteiger partial charge in [-0.05, 0) is 61.4 Å². The smallest absolute Gasteiger partial charge is 0.321 e. The maximum atomic E-state index is 14.2. The van der Waals surface area contributed by atoms with Gasteiger partial charge in [0.1, 0.15) is 19.2 Å². The molecule has 1 aliphatic heterocycles. The highest BCUT2D eigenvalue weighted by Gasteiger charge is 2.49. The number of amides is 2. The van der Waals surface area contributed by atoms with E-state index in [1.165, 1.54) is 4.31 Å². The molecule has 0 radical (unpaired) electrons. The lowest BCUT2D eigenvalue weighted by atomic mass is 9.73. The molecule has 12 heteroatoms. The lowest BCUT2D eigenvalue weighted by Crippen LogP contribution is -2.58. The molecule has 6 rings (SSSR count). The highest BCUT2D eigenvalue weighted by atomic mass is 32.2. The molecule has 0 saturated carbocycles. The summed E-state index contributed by atoms with van der Waals surface area (Å²) in [4.78, 5) is 45.3. The fraction of sp³-hybridized carbons (Fsp3) is 0.395. The van der Waals surface area contributed by atoms with E-state index in [0.717, 1.165) is 39.4 Å². The van der Waals surface area contributed by atoms with Gasteiger partial charge in [0.15, 0.2) is 0 Å². The van der Waals surface area contributed by atoms with Crippen LogP contribution in [0.5, 0.6) is 0 Å². The van der Waals surface area contributed by atoms with Crippen molar-refractivity contribution in [1.29, 1.82) is 0 Å². The number of sulfonamides is 1. The molecule has 1 fully saturated rings. The number of nitrogens with two attached hydrogens (primary N) is 1. The van der Waals surface area contributed by atoms with E-state index >= 15 is 0 Å². The molecule has 0 bridgehead atoms. The normalized spacial score (nSPS) is 17.9. The molecule has 1 spiro atoms. The van der Waals surface area contributed by atoms with Crippen LogP contribution in [-0.2, 0) is 47.6 Å². The quantitative estimate of drug-likeness (QED) is 0.200. The molecular weight excluding hydrogens is 655 g/mol. The van der Waals surface area contributed by atoms with Crippen molar-refractivity contribution in [2.75, 3.05) is 25.9 Å². The van der Waals surface area contributed by atoms with E-state index in [2.05, 4.69) is 10.3 Å². The Hall–Kier alpha value is -4.52. The largest absolute Gasteiger partial charge is 0.460 e. The summed E-state index contributed by atoms with van der Waals surface area (Å²) in [6.45, 7) is 3.71. The van der Waals surface area contributed by atoms with Crippen LogP contribution in [0, 0.1) is 0 Å². The molecule has 1 unspecified atom stereocenters. The lowest BCUT2D eigenvalue weighted by molar-refractivity contribution is -0.145. The summed E-state index contributed by atoms with van der Waals surface area (Å²) < 4.78 is 33.2. The van der Waals surface area contributed by atoms with Gasteiger partial charge < -0.3 is 25.7 Å². The third-order valence-corrected chi connectivity index (χ3v) is 11.3. The molecule has 264 valence electrons. The predicted octanol–water partition coefficient (Wildman–Crippen LogP) is 3.94. The van der Waals surface area contributed by atoms with Crippen molar-refractivity contribution in [2.24, 2.45) is 5.73 Å². The van der Waals surface area contributed by atoms with Gasteiger partial charge in [0.05, 0.1) is 17.8 Å². The molecular formula is C38H45N5O6S. The van der Waals surface area contributed by atoms with Crippen molar-refractivity contribution >= 4 is 38.7 Å². The summed E-state index contributed by atoms with van der Waals surface area (Å²) in [5.74, 6) is -1.23. The fourth-order valence-electron chi connectivity index (χ4n) is 7.40. The molecule has 1 aromatic heterocycles. The van der Waals surface area contributed by atoms with Crippen LogP contribution >= 0.6 is 0 Å². The van der Waals surface area contributed by atoms with E-state index in [-0.39, 0.29) is 12.5 Å². The second kappa shape index (κ2) is 14.0. The number of benzene rings is 3. The number of aromatic amines is 1. The minimum Gasteiger partial charge on any atom is -0.460 e. The maximum Gasteiger partial charge on any atom is 0.321 e. The van der Waals surface area contributed by atoms with Crippen LogP contribution in [0.3, 0.4) is 0 Å². The highest BCUT2D eigenvalue weighted by Crippen LogP contribution is 2.53. The van der Waals surface area contributed by atoms with Crippen LogP contribution in [0.1, 0.15) is 61.4 Å². The van der Waals surface area contributed by atoms with Gasteiger partial charge in [-0.25, -0.2) is 8.42 Å². The van der Waals surface area contributed by atoms with Crippen molar-refractivity contribution in [3.05, 3.63) is 107 Å². The predicted molar refractivity (Wildman–Crippen MR) is 191 cm³/mol. The van der Waals surface area contributed by atoms with Crippen molar-refractivity contribution in [2.45, 2.75) is 69.2 Å². The minimum absolute atomic E-state index is 0.0524. The van der Waals surface area contributed by atoms with Crippen LogP contribution in [0.15, 0.2) is 85.1 Å². The average molecular weight is 700 g/mol. The standard InChI is InChI=1S/C38H45N5O6S/c1-37(2,39)36(46)41-32(21-27-23-40-31-16-10-8-13-28(27)31)35(45)42-19-17-38(18-20-42)22-33(29-14-7-9-15-30(29)38)43(50(3,47)48)24-34(44)49-25-26-11-5-4-6-12-26/h4-16,23,32-33,40H,17-22,24-25,39H2,1-3H3,(H,41,46)/t32-,33?/m1/s1. The van der Waals surface area contributed by atoms with Crippen LogP contribution in [0.4, 0.5) is 0 Å². The van der Waals surface area contributed by atoms with Gasteiger partial charge >= 0.3 is 5.97 Å². The minimum atomic E-state index is -3.81. The highest BCUT2D eigenvalue weighted by molar-refractivity contribution is 7.88. The summed E-state index contributed by atoms with van der Waals surface area (Å²) in [6.07, 6.45) is 4.95. The molecule has 2 amide bonds. The van der Waals surface area contributed by atoms with Crippen LogP contribution in [-0.4, -0.2) is 77.9 Å². The number of aromatic nitrogens is 1. The Morgan fingerprint density at radius 1 is 1.02 bits per heavy atom. The van der Waals surface area contributed by atoms with Crippen molar-refractivity contribution < 1.29 is 27.5 Å². The van der Waals surface area contributed by atoms with E-state index < -0.39 is 51.5 Å². The fourth-order valence-corrected chi connectivity index (χ4v) is 8.39. The third-order valence-electron chi connectivity index (χ3n) is 10.1. The molecule has 2 aliphatic rings. The number of para-hydroxylation sites is 1. The molecule has 11 nitrogen and oxygen atoms in total. The Kier molecular flexibility index (Phi) is 9.89. The van der Waals surface area contributed by atoms with Crippen molar-refractivity contribution in [1.82, 2.24) is 19.5 Å². The van der Waals surface area contributed by atoms with Crippen molar-refractivity contribution in [3.63, 3.8) is 0 Å². The van der Waals surface area contributed by atoms with Gasteiger partial charge in [0, 0.05) is 42.0 Å². The number of carbonyl (C=O) groups excluding carboxylic acids is 3. The van der Waals surface area contributed by atoms with Gasteiger partial charge in [-0.1, -0.05) is 72.8 Å². The second-order valence-electron chi connectivity index (χ2n) is 14.2. The number of nitrogens with one attached hydrogen (secondary N) is 2. The number of fused-ring (bicyclic) bond motifs is 3. The first-order valence-corrected chi connectivity index (χ1v) is 18.8. The molecule has 2 atom stereocenters. The van der Waals surface area contributed by atoms with Crippen LogP contribution in [0.2, 0.25) is 0 Å². The van der Waals surface area contributed by atoms with Gasteiger partial charge in [0.2, 0.25) is 21.8 Å². The number of hydrogen-bond donors (Lipinski definition) is 3. The second-order valence-corrected chi connectivity index (χ2v) is 16.1. The lowest BCUT2D eigenvalue weighted by Gasteiger charge is -2.42. The van der Waals surface area contributed by atoms with E-state index in [0.29, 0.717) is 38.8 Å². The van der Waals surface area contributed by atoms with Gasteiger partial charge in [-0.15, -0.1) is 0 Å². The Bertz CT molecular complexity index is 1980. The first-order chi connectivity index (χ1) is 23.7. The molecule has 50 heavy (non-hydrogen) atoms. The van der Waals surface area contributed by atoms with Gasteiger partial charge in [-0.2, -0.15) is 4.31 Å². The molecule has 3 aromatic carbocycles. The molecule has 1 aliphatic carbocycles. The first kappa shape index (κ1) is 35.3. The maximum absolute atomic E-state index is 14.2. The summed E-state index contributed by atoms with van der Waals surface area (Å²) in [6, 6.07) is 23.5. The Balaban J connectivity index is 1.19. The number of nitrogens with zero attached hydrogens (tertiary/aromatic N) is 2. The number of hydrogen-bond acceptors (Lipinski definition) is 7. The van der Waals surface area contributed by atoms with Crippen molar-refractivity contribution in [3.8, 4) is 0 Å². The molecule has 4 N–H and O–H groups in total. The Labute approximate surface area is 293 Å². The van der Waals surface area contributed by atoms with E-state index in [9.17, 15) is 22.8 Å². The summed E-state index contributed by atoms with van der Waals surface area (Å²) in [5.41, 5.74) is 9.12. The summed E-state index contributed by atoms with van der Waals surface area (Å²) in [7, 11) is -3.81. The van der Waals surface area contributed by atoms with E-state index in [4.69, 9.17) is 10.5 Å². The van der Waals surface area contributed by atoms with Crippen LogP contribution < -0.4 is 11.1 Å². The number of H-pyrrole nitrogens is 1. The SMILES string of the molecule is CC(C)(N)C(=O)N[C@H](Cc1c[nH]c2ccccc12)C(=O)N1CCC2(CC1)CC(N(CC(=O)OCc1ccccc1)S(C)(=O)=O)c1ccccc12. The number of carbonyl (C=O) groups is 3. The zero-order valence-electron chi connectivity index (χ0n) is 28.7. The Morgan fingerprint density at radius 3 is 2.38 bits per heavy atom. The number of esters is 1. The third kappa shape index (κ3) is 7.47. The number of likely N-dealkylation sites (tertiary alicyclic amines) is 1. The summed E-state index contributed by atoms with van der Waals surface area (Å²) in [5, 5.41) is 3.91. The van der Waals surface area contributed by atoms with E-state index in [1.54, 1.807) is 18.7 Å². The number of rotatable bonds is 11. The topological polar surface area (TPSA) is 155 Å². The zero-order chi connectivity index (χ0) is 35.7. The zero-order valence-corrected chi connectivity index (χ0v) is 29.5. The van der Waals surface area contributed by atoms with Crippen LogP contribution in [0.25, 0.3) is 10.9 Å². The summed E-state index contributed by atoms with van der Waals surface area (Å²) >= 11 is 0. The average Bonchev–Trinajstić information content (AvgIpc) is 3.64.